The summed E-state index contributed by atoms with van der Waals surface area (Å²) in [7, 11) is -3.50. The summed E-state index contributed by atoms with van der Waals surface area (Å²) in [6, 6.07) is 7.93. The molecule has 2 saturated heterocycles. The molecule has 2 aliphatic rings. The van der Waals surface area contributed by atoms with Gasteiger partial charge >= 0.3 is 0 Å². The van der Waals surface area contributed by atoms with Crippen molar-refractivity contribution in [3.8, 4) is 0 Å². The molecule has 0 spiro atoms. The quantitative estimate of drug-likeness (QED) is 0.744. The van der Waals surface area contributed by atoms with Crippen molar-refractivity contribution in [2.75, 3.05) is 49.1 Å². The molecule has 2 aromatic rings. The van der Waals surface area contributed by atoms with Crippen LogP contribution in [0.4, 0.5) is 11.6 Å². The number of sulfonamides is 1. The SMILES string of the molecule is Cc1cc(C)c(S(=O)(=O)N2CCN(c3ccc(N4CCCCC4)nn3)CC2)c(C)c1. The summed E-state index contributed by atoms with van der Waals surface area (Å²) in [5, 5.41) is 8.85. The third-order valence-electron chi connectivity index (χ3n) is 6.08. The van der Waals surface area contributed by atoms with Gasteiger partial charge in [0.1, 0.15) is 0 Å². The number of hydrogen-bond donors (Lipinski definition) is 0. The van der Waals surface area contributed by atoms with E-state index < -0.39 is 10.0 Å². The Morgan fingerprint density at radius 2 is 1.23 bits per heavy atom. The highest BCUT2D eigenvalue weighted by atomic mass is 32.2. The first-order valence-corrected chi connectivity index (χ1v) is 12.2. The third kappa shape index (κ3) is 4.16. The lowest BCUT2D eigenvalue weighted by Gasteiger charge is -2.35. The molecule has 3 heterocycles. The maximum atomic E-state index is 13.3. The standard InChI is InChI=1S/C22H31N5O2S/c1-17-15-18(2)22(19(3)16-17)30(28,29)27-13-11-26(12-14-27)21-8-7-20(23-24-21)25-9-5-4-6-10-25/h7-8,15-16H,4-6,9-14H2,1-3H3. The van der Waals surface area contributed by atoms with Gasteiger partial charge in [-0.3, -0.25) is 0 Å². The molecule has 4 rings (SSSR count). The first-order chi connectivity index (χ1) is 14.4. The van der Waals surface area contributed by atoms with Gasteiger partial charge in [0.15, 0.2) is 11.6 Å². The number of piperazine rings is 1. The second kappa shape index (κ2) is 8.51. The van der Waals surface area contributed by atoms with Crippen molar-refractivity contribution in [1.82, 2.24) is 14.5 Å². The van der Waals surface area contributed by atoms with E-state index in [2.05, 4.69) is 20.0 Å². The molecule has 0 aliphatic carbocycles. The summed E-state index contributed by atoms with van der Waals surface area (Å²) in [5.41, 5.74) is 2.71. The van der Waals surface area contributed by atoms with Gasteiger partial charge in [0.25, 0.3) is 0 Å². The second-order valence-corrected chi connectivity index (χ2v) is 10.3. The Balaban J connectivity index is 1.43. The topological polar surface area (TPSA) is 69.6 Å². The molecule has 1 aromatic heterocycles. The van der Waals surface area contributed by atoms with E-state index in [0.717, 1.165) is 41.4 Å². The number of piperidine rings is 1. The van der Waals surface area contributed by atoms with E-state index in [1.807, 2.05) is 45.0 Å². The van der Waals surface area contributed by atoms with Gasteiger partial charge in [-0.15, -0.1) is 10.2 Å². The summed E-state index contributed by atoms with van der Waals surface area (Å²) in [4.78, 5) is 4.86. The van der Waals surface area contributed by atoms with Crippen molar-refractivity contribution < 1.29 is 8.42 Å². The summed E-state index contributed by atoms with van der Waals surface area (Å²) in [5.74, 6) is 1.75. The average molecular weight is 430 g/mol. The fraction of sp³-hybridized carbons (Fsp3) is 0.545. The monoisotopic (exact) mass is 429 g/mol. The predicted molar refractivity (Wildman–Crippen MR) is 120 cm³/mol. The Morgan fingerprint density at radius 3 is 1.73 bits per heavy atom. The van der Waals surface area contributed by atoms with Crippen molar-refractivity contribution in [3.05, 3.63) is 41.0 Å². The van der Waals surface area contributed by atoms with Crippen molar-refractivity contribution >= 4 is 21.7 Å². The van der Waals surface area contributed by atoms with E-state index in [4.69, 9.17) is 0 Å². The lowest BCUT2D eigenvalue weighted by Crippen LogP contribution is -2.49. The van der Waals surface area contributed by atoms with Gasteiger partial charge < -0.3 is 9.80 Å². The van der Waals surface area contributed by atoms with Gasteiger partial charge in [0, 0.05) is 39.3 Å². The zero-order chi connectivity index (χ0) is 21.3. The maximum absolute atomic E-state index is 13.3. The lowest BCUT2D eigenvalue weighted by molar-refractivity contribution is 0.383. The molecule has 2 fully saturated rings. The lowest BCUT2D eigenvalue weighted by atomic mass is 10.1. The van der Waals surface area contributed by atoms with Crippen LogP contribution in [-0.2, 0) is 10.0 Å². The largest absolute Gasteiger partial charge is 0.355 e. The molecule has 0 atom stereocenters. The van der Waals surface area contributed by atoms with E-state index in [1.54, 1.807) is 4.31 Å². The maximum Gasteiger partial charge on any atom is 0.243 e. The first kappa shape index (κ1) is 21.1. The van der Waals surface area contributed by atoms with Crippen LogP contribution in [-0.4, -0.2) is 62.2 Å². The Bertz CT molecular complexity index is 970. The second-order valence-electron chi connectivity index (χ2n) is 8.42. The van der Waals surface area contributed by atoms with E-state index in [1.165, 1.54) is 19.3 Å². The minimum Gasteiger partial charge on any atom is -0.355 e. The third-order valence-corrected chi connectivity index (χ3v) is 8.29. The van der Waals surface area contributed by atoms with E-state index >= 15 is 0 Å². The average Bonchev–Trinajstić information content (AvgIpc) is 2.74. The Labute approximate surface area is 179 Å². The van der Waals surface area contributed by atoms with Crippen LogP contribution in [0.3, 0.4) is 0 Å². The molecule has 1 aromatic carbocycles. The Kier molecular flexibility index (Phi) is 5.97. The fourth-order valence-electron chi connectivity index (χ4n) is 4.64. The Hall–Kier alpha value is -2.19. The van der Waals surface area contributed by atoms with Crippen LogP contribution >= 0.6 is 0 Å². The Morgan fingerprint density at radius 1 is 0.733 bits per heavy atom. The van der Waals surface area contributed by atoms with Crippen LogP contribution in [0.1, 0.15) is 36.0 Å². The number of hydrogen-bond acceptors (Lipinski definition) is 6. The summed E-state index contributed by atoms with van der Waals surface area (Å²) in [6.45, 7) is 9.96. The van der Waals surface area contributed by atoms with E-state index in [9.17, 15) is 8.42 Å². The molecule has 7 nitrogen and oxygen atoms in total. The zero-order valence-electron chi connectivity index (χ0n) is 18.1. The van der Waals surface area contributed by atoms with Crippen LogP contribution < -0.4 is 9.80 Å². The molecule has 0 saturated carbocycles. The highest BCUT2D eigenvalue weighted by molar-refractivity contribution is 7.89. The number of nitrogens with zero attached hydrogens (tertiary/aromatic N) is 5. The van der Waals surface area contributed by atoms with Gasteiger partial charge in [-0.1, -0.05) is 17.7 Å². The number of benzene rings is 1. The molecule has 30 heavy (non-hydrogen) atoms. The van der Waals surface area contributed by atoms with Gasteiger partial charge in [0.2, 0.25) is 10.0 Å². The van der Waals surface area contributed by atoms with Crippen LogP contribution in [0.15, 0.2) is 29.2 Å². The molecule has 0 radical (unpaired) electrons. The first-order valence-electron chi connectivity index (χ1n) is 10.8. The van der Waals surface area contributed by atoms with Crippen LogP contribution in [0.5, 0.6) is 0 Å². The molecule has 8 heteroatoms. The van der Waals surface area contributed by atoms with Crippen LogP contribution in [0.25, 0.3) is 0 Å². The van der Waals surface area contributed by atoms with Crippen molar-refractivity contribution in [1.29, 1.82) is 0 Å². The van der Waals surface area contributed by atoms with Gasteiger partial charge in [-0.25, -0.2) is 8.42 Å². The van der Waals surface area contributed by atoms with Crippen molar-refractivity contribution in [3.63, 3.8) is 0 Å². The molecule has 0 amide bonds. The molecular formula is C22H31N5O2S. The minimum absolute atomic E-state index is 0.449. The highest BCUT2D eigenvalue weighted by Crippen LogP contribution is 2.27. The van der Waals surface area contributed by atoms with E-state index in [-0.39, 0.29) is 0 Å². The smallest absolute Gasteiger partial charge is 0.243 e. The van der Waals surface area contributed by atoms with Crippen molar-refractivity contribution in [2.45, 2.75) is 44.9 Å². The normalized spacial score (nSPS) is 18.6. The number of anilines is 2. The predicted octanol–water partition coefficient (Wildman–Crippen LogP) is 2.90. The minimum atomic E-state index is -3.50. The molecule has 162 valence electrons. The van der Waals surface area contributed by atoms with Crippen LogP contribution in [0, 0.1) is 20.8 Å². The molecule has 0 N–H and O–H groups in total. The number of aryl methyl sites for hydroxylation is 3. The highest BCUT2D eigenvalue weighted by Gasteiger charge is 2.31. The summed E-state index contributed by atoms with van der Waals surface area (Å²) in [6.07, 6.45) is 3.70. The van der Waals surface area contributed by atoms with E-state index in [0.29, 0.717) is 31.1 Å². The van der Waals surface area contributed by atoms with Crippen LogP contribution in [0.2, 0.25) is 0 Å². The van der Waals surface area contributed by atoms with Gasteiger partial charge in [0.05, 0.1) is 4.90 Å². The zero-order valence-corrected chi connectivity index (χ0v) is 19.0. The fourth-order valence-corrected chi connectivity index (χ4v) is 6.47. The number of aromatic nitrogens is 2. The summed E-state index contributed by atoms with van der Waals surface area (Å²) >= 11 is 0. The van der Waals surface area contributed by atoms with Gasteiger partial charge in [-0.2, -0.15) is 4.31 Å². The molecule has 2 aliphatic heterocycles. The van der Waals surface area contributed by atoms with Gasteiger partial charge in [-0.05, 0) is 63.3 Å². The molecule has 0 unspecified atom stereocenters. The summed E-state index contributed by atoms with van der Waals surface area (Å²) < 4.78 is 28.2. The molecule has 0 bridgehead atoms. The number of rotatable bonds is 4. The molecular weight excluding hydrogens is 398 g/mol. The van der Waals surface area contributed by atoms with Crippen molar-refractivity contribution in [2.24, 2.45) is 0 Å².